The lowest BCUT2D eigenvalue weighted by Gasteiger charge is -2.32. The van der Waals surface area contributed by atoms with E-state index in [1.165, 1.54) is 28.6 Å². The Kier molecular flexibility index (Phi) is 5.56. The van der Waals surface area contributed by atoms with E-state index in [-0.39, 0.29) is 16.8 Å². The molecule has 8 heteroatoms. The summed E-state index contributed by atoms with van der Waals surface area (Å²) in [4.78, 5) is 12.5. The number of hydrogen-bond donors (Lipinski definition) is 1. The minimum atomic E-state index is -3.63. The number of anilines is 1. The number of carbonyl (C=O) groups is 1. The molecule has 1 fully saturated rings. The van der Waals surface area contributed by atoms with Crippen molar-refractivity contribution < 1.29 is 17.9 Å². The maximum atomic E-state index is 12.8. The number of carbonyl (C=O) groups excluding carboxylic acids is 1. The smallest absolute Gasteiger partial charge is 0.255 e. The van der Waals surface area contributed by atoms with E-state index < -0.39 is 10.0 Å². The van der Waals surface area contributed by atoms with Gasteiger partial charge in [0.15, 0.2) is 0 Å². The van der Waals surface area contributed by atoms with E-state index in [2.05, 4.69) is 5.32 Å². The third-order valence-corrected chi connectivity index (χ3v) is 6.33. The van der Waals surface area contributed by atoms with Crippen LogP contribution in [0.3, 0.4) is 0 Å². The Balaban J connectivity index is 1.74. The maximum Gasteiger partial charge on any atom is 0.255 e. The zero-order valence-electron chi connectivity index (χ0n) is 14.8. The molecule has 2 aromatic rings. The monoisotopic (exact) mass is 385 g/mol. The van der Waals surface area contributed by atoms with Crippen molar-refractivity contribution in [2.75, 3.05) is 25.1 Å². The topological polar surface area (TPSA) is 99.5 Å². The molecule has 2 aromatic carbocycles. The van der Waals surface area contributed by atoms with Crippen LogP contribution in [0.25, 0.3) is 0 Å². The Labute approximate surface area is 158 Å². The predicted octanol–water partition coefficient (Wildman–Crippen LogP) is 2.22. The molecule has 140 valence electrons. The molecular weight excluding hydrogens is 366 g/mol. The predicted molar refractivity (Wildman–Crippen MR) is 99.7 cm³/mol. The number of hydrogen-bond acceptors (Lipinski definition) is 5. The number of ether oxygens (including phenoxy) is 1. The van der Waals surface area contributed by atoms with Gasteiger partial charge in [-0.3, -0.25) is 4.79 Å². The van der Waals surface area contributed by atoms with E-state index in [1.807, 2.05) is 6.07 Å². The van der Waals surface area contributed by atoms with Crippen molar-refractivity contribution in [3.8, 4) is 6.07 Å². The van der Waals surface area contributed by atoms with Crippen molar-refractivity contribution >= 4 is 21.6 Å². The van der Waals surface area contributed by atoms with E-state index >= 15 is 0 Å². The Morgan fingerprint density at radius 1 is 1.19 bits per heavy atom. The zero-order chi connectivity index (χ0) is 19.4. The highest BCUT2D eigenvalue weighted by atomic mass is 32.2. The van der Waals surface area contributed by atoms with Gasteiger partial charge in [0.05, 0.1) is 29.7 Å². The Bertz CT molecular complexity index is 964. The summed E-state index contributed by atoms with van der Waals surface area (Å²) in [5, 5.41) is 11.5. The second kappa shape index (κ2) is 7.88. The van der Waals surface area contributed by atoms with Crippen LogP contribution in [-0.4, -0.2) is 44.4 Å². The van der Waals surface area contributed by atoms with Gasteiger partial charge < -0.3 is 10.1 Å². The normalized spacial score (nSPS) is 17.9. The zero-order valence-corrected chi connectivity index (χ0v) is 15.6. The van der Waals surface area contributed by atoms with E-state index in [1.54, 1.807) is 31.2 Å². The molecule has 3 rings (SSSR count). The van der Waals surface area contributed by atoms with Crippen LogP contribution in [0.4, 0.5) is 5.69 Å². The number of amides is 1. The van der Waals surface area contributed by atoms with Crippen molar-refractivity contribution in [3.63, 3.8) is 0 Å². The highest BCUT2D eigenvalue weighted by molar-refractivity contribution is 7.89. The van der Waals surface area contributed by atoms with Gasteiger partial charge in [-0.1, -0.05) is 0 Å². The molecule has 0 spiro atoms. The molecule has 0 radical (unpaired) electrons. The third kappa shape index (κ3) is 4.17. The lowest BCUT2D eigenvalue weighted by Crippen LogP contribution is -2.46. The van der Waals surface area contributed by atoms with Gasteiger partial charge in [0, 0.05) is 23.8 Å². The van der Waals surface area contributed by atoms with Gasteiger partial charge in [0.25, 0.3) is 5.91 Å². The first-order chi connectivity index (χ1) is 12.9. The Morgan fingerprint density at radius 3 is 2.44 bits per heavy atom. The van der Waals surface area contributed by atoms with Gasteiger partial charge in [-0.15, -0.1) is 0 Å². The minimum absolute atomic E-state index is 0.145. The Hall–Kier alpha value is -2.73. The summed E-state index contributed by atoms with van der Waals surface area (Å²) in [6.07, 6.45) is 0. The molecule has 0 aromatic heterocycles. The van der Waals surface area contributed by atoms with E-state index in [4.69, 9.17) is 10.00 Å². The number of benzene rings is 2. The van der Waals surface area contributed by atoms with Crippen molar-refractivity contribution in [2.24, 2.45) is 0 Å². The summed E-state index contributed by atoms with van der Waals surface area (Å²) in [6, 6.07) is 14.1. The van der Waals surface area contributed by atoms with Gasteiger partial charge in [0.2, 0.25) is 10.0 Å². The second-order valence-corrected chi connectivity index (χ2v) is 8.10. The molecule has 0 aliphatic carbocycles. The van der Waals surface area contributed by atoms with Crippen molar-refractivity contribution in [3.05, 3.63) is 59.7 Å². The van der Waals surface area contributed by atoms with E-state index in [9.17, 15) is 13.2 Å². The molecule has 27 heavy (non-hydrogen) atoms. The van der Waals surface area contributed by atoms with Crippen molar-refractivity contribution in [1.29, 1.82) is 5.26 Å². The molecule has 1 atom stereocenters. The van der Waals surface area contributed by atoms with Crippen LogP contribution >= 0.6 is 0 Å². The fourth-order valence-corrected chi connectivity index (χ4v) is 4.41. The largest absolute Gasteiger partial charge is 0.378 e. The molecule has 1 amide bonds. The summed E-state index contributed by atoms with van der Waals surface area (Å²) in [7, 11) is -3.63. The molecule has 0 saturated carbocycles. The number of nitrogens with zero attached hydrogens (tertiary/aromatic N) is 2. The van der Waals surface area contributed by atoms with Crippen LogP contribution in [0, 0.1) is 11.3 Å². The summed E-state index contributed by atoms with van der Waals surface area (Å²) in [6.45, 7) is 2.85. The minimum Gasteiger partial charge on any atom is -0.378 e. The quantitative estimate of drug-likeness (QED) is 0.870. The van der Waals surface area contributed by atoms with Crippen LogP contribution in [0.2, 0.25) is 0 Å². The number of morpholine rings is 1. The number of nitrogens with one attached hydrogen (secondary N) is 1. The molecule has 1 saturated heterocycles. The van der Waals surface area contributed by atoms with Gasteiger partial charge in [-0.2, -0.15) is 9.57 Å². The molecule has 1 N–H and O–H groups in total. The first kappa shape index (κ1) is 19.0. The van der Waals surface area contributed by atoms with Crippen LogP contribution in [0.15, 0.2) is 53.4 Å². The lowest BCUT2D eigenvalue weighted by molar-refractivity contribution is 0.0393. The van der Waals surface area contributed by atoms with E-state index in [0.717, 1.165) is 0 Å². The SMILES string of the molecule is CC1COCCN1S(=O)(=O)c1ccc(C(=O)Nc2ccc(C#N)cc2)cc1. The fraction of sp³-hybridized carbons (Fsp3) is 0.263. The van der Waals surface area contributed by atoms with Crippen LogP contribution in [0.5, 0.6) is 0 Å². The molecule has 0 bridgehead atoms. The average molecular weight is 385 g/mol. The molecule has 7 nitrogen and oxygen atoms in total. The maximum absolute atomic E-state index is 12.8. The van der Waals surface area contributed by atoms with Gasteiger partial charge in [-0.05, 0) is 55.5 Å². The van der Waals surface area contributed by atoms with Gasteiger partial charge >= 0.3 is 0 Å². The van der Waals surface area contributed by atoms with E-state index in [0.29, 0.717) is 36.6 Å². The third-order valence-electron chi connectivity index (χ3n) is 4.30. The molecule has 1 aliphatic heterocycles. The Morgan fingerprint density at radius 2 is 1.85 bits per heavy atom. The average Bonchev–Trinajstić information content (AvgIpc) is 2.69. The molecule has 1 heterocycles. The number of rotatable bonds is 4. The number of sulfonamides is 1. The van der Waals surface area contributed by atoms with Crippen molar-refractivity contribution in [1.82, 2.24) is 4.31 Å². The lowest BCUT2D eigenvalue weighted by atomic mass is 10.2. The van der Waals surface area contributed by atoms with Gasteiger partial charge in [-0.25, -0.2) is 8.42 Å². The first-order valence-corrected chi connectivity index (χ1v) is 9.87. The summed E-state index contributed by atoms with van der Waals surface area (Å²) >= 11 is 0. The summed E-state index contributed by atoms with van der Waals surface area (Å²) in [5.74, 6) is -0.358. The fourth-order valence-electron chi connectivity index (χ4n) is 2.81. The van der Waals surface area contributed by atoms with Crippen LogP contribution in [0.1, 0.15) is 22.8 Å². The second-order valence-electron chi connectivity index (χ2n) is 6.21. The highest BCUT2D eigenvalue weighted by Gasteiger charge is 2.31. The first-order valence-electron chi connectivity index (χ1n) is 8.43. The highest BCUT2D eigenvalue weighted by Crippen LogP contribution is 2.21. The van der Waals surface area contributed by atoms with Gasteiger partial charge in [0.1, 0.15) is 0 Å². The molecule has 1 aliphatic rings. The molecule has 1 unspecified atom stereocenters. The standard InChI is InChI=1S/C19H19N3O4S/c1-14-13-26-11-10-22(14)27(24,25)18-8-4-16(5-9-18)19(23)21-17-6-2-15(12-20)3-7-17/h2-9,14H,10-11,13H2,1H3,(H,21,23). The van der Waals surface area contributed by atoms with Crippen molar-refractivity contribution in [2.45, 2.75) is 17.9 Å². The molecular formula is C19H19N3O4S. The van der Waals surface area contributed by atoms with Crippen LogP contribution < -0.4 is 5.32 Å². The van der Waals surface area contributed by atoms with Crippen LogP contribution in [-0.2, 0) is 14.8 Å². The number of nitriles is 1. The summed E-state index contributed by atoms with van der Waals surface area (Å²) < 4.78 is 32.3. The summed E-state index contributed by atoms with van der Waals surface area (Å²) in [5.41, 5.74) is 1.39.